The molecular weight excluding hydrogens is 530 g/mol. The second kappa shape index (κ2) is 13.1. The van der Waals surface area contributed by atoms with Gasteiger partial charge in [0.15, 0.2) is 0 Å². The van der Waals surface area contributed by atoms with Crippen molar-refractivity contribution in [2.75, 3.05) is 31.6 Å². The minimum atomic E-state index is -0.573. The molecule has 8 nitrogen and oxygen atoms in total. The van der Waals surface area contributed by atoms with E-state index < -0.39 is 17.7 Å². The summed E-state index contributed by atoms with van der Waals surface area (Å²) in [6, 6.07) is 15.7. The average molecular weight is 572 g/mol. The van der Waals surface area contributed by atoms with Crippen LogP contribution in [0.5, 0.6) is 0 Å². The second-order valence-corrected chi connectivity index (χ2v) is 11.2. The lowest BCUT2D eigenvalue weighted by atomic mass is 9.89. The molecule has 2 aromatic rings. The first-order chi connectivity index (χ1) is 20.0. The highest BCUT2D eigenvalue weighted by molar-refractivity contribution is 6.08. The number of alkyl carbamates (subject to hydrolysis) is 1. The summed E-state index contributed by atoms with van der Waals surface area (Å²) < 4.78 is 17.4. The van der Waals surface area contributed by atoms with Gasteiger partial charge in [-0.2, -0.15) is 0 Å². The van der Waals surface area contributed by atoms with Crippen LogP contribution in [0.15, 0.2) is 57.9 Å². The van der Waals surface area contributed by atoms with E-state index in [1.807, 2.05) is 65.0 Å². The molecule has 1 aliphatic heterocycles. The predicted octanol–water partition coefficient (Wildman–Crippen LogP) is 7.25. The lowest BCUT2D eigenvalue weighted by Crippen LogP contribution is -2.33. The summed E-state index contributed by atoms with van der Waals surface area (Å²) in [5, 5.41) is 7.89. The van der Waals surface area contributed by atoms with Crippen molar-refractivity contribution in [3.63, 3.8) is 0 Å². The Morgan fingerprint density at radius 1 is 0.976 bits per heavy atom. The fraction of sp³-hybridized carbons (Fsp3) is 0.382. The van der Waals surface area contributed by atoms with Gasteiger partial charge in [0, 0.05) is 54.0 Å². The zero-order valence-electron chi connectivity index (χ0n) is 25.6. The van der Waals surface area contributed by atoms with E-state index >= 15 is 0 Å². The van der Waals surface area contributed by atoms with Crippen LogP contribution in [-0.4, -0.2) is 43.9 Å². The maximum absolute atomic E-state index is 13.4. The van der Waals surface area contributed by atoms with E-state index in [-0.39, 0.29) is 6.61 Å². The first kappa shape index (κ1) is 30.6. The normalized spacial score (nSPS) is 12.0. The van der Waals surface area contributed by atoms with Gasteiger partial charge in [-0.25, -0.2) is 9.59 Å². The molecule has 0 unspecified atom stereocenters. The summed E-state index contributed by atoms with van der Waals surface area (Å²) in [5.74, 6) is 0.262. The third-order valence-electron chi connectivity index (χ3n) is 6.72. The molecule has 0 saturated heterocycles. The molecule has 42 heavy (non-hydrogen) atoms. The van der Waals surface area contributed by atoms with Gasteiger partial charge in [-0.05, 0) is 89.8 Å². The predicted molar refractivity (Wildman–Crippen MR) is 167 cm³/mol. The number of hydrogen-bond acceptors (Lipinski definition) is 7. The third kappa shape index (κ3) is 7.11. The van der Waals surface area contributed by atoms with Gasteiger partial charge >= 0.3 is 12.1 Å². The Balaban J connectivity index is 1.73. The standard InChI is InChI=1S/C34H41N3O5/c1-8-35-27-19-29-25(17-21(27)3)31(26-18-22(4)28(36-9-2)20-30(26)41-29)23-13-10-11-14-24(23)32(38)40-16-12-15-37-33(39)42-34(5,6)7/h10-11,13-14,17-20,35H,8-9,12,15-16H2,1-7H3,(H,37,39). The summed E-state index contributed by atoms with van der Waals surface area (Å²) in [5.41, 5.74) is 6.26. The van der Waals surface area contributed by atoms with Gasteiger partial charge in [-0.1, -0.05) is 18.2 Å². The zero-order valence-corrected chi connectivity index (χ0v) is 25.6. The van der Waals surface area contributed by atoms with Crippen LogP contribution in [0.2, 0.25) is 0 Å². The largest absolute Gasteiger partial charge is 0.462 e. The Kier molecular flexibility index (Phi) is 9.55. The van der Waals surface area contributed by atoms with E-state index in [1.165, 1.54) is 0 Å². The van der Waals surface area contributed by atoms with Crippen LogP contribution in [0.3, 0.4) is 0 Å². The molecule has 2 aliphatic rings. The smallest absolute Gasteiger partial charge is 0.407 e. The van der Waals surface area contributed by atoms with Crippen molar-refractivity contribution in [3.05, 3.63) is 70.6 Å². The van der Waals surface area contributed by atoms with Crippen LogP contribution >= 0.6 is 0 Å². The van der Waals surface area contributed by atoms with Crippen molar-refractivity contribution in [2.45, 2.75) is 60.5 Å². The molecule has 2 N–H and O–H groups in total. The van der Waals surface area contributed by atoms with Crippen molar-refractivity contribution < 1.29 is 23.5 Å². The first-order valence-electron chi connectivity index (χ1n) is 14.5. The third-order valence-corrected chi connectivity index (χ3v) is 6.72. The van der Waals surface area contributed by atoms with Crippen LogP contribution in [0.4, 0.5) is 10.5 Å². The van der Waals surface area contributed by atoms with Crippen LogP contribution in [0, 0.1) is 13.8 Å². The molecule has 0 spiro atoms. The average Bonchev–Trinajstić information content (AvgIpc) is 2.92. The highest BCUT2D eigenvalue weighted by atomic mass is 16.6. The number of carbonyl (C=O) groups is 2. The van der Waals surface area contributed by atoms with Gasteiger partial charge in [0.25, 0.3) is 0 Å². The van der Waals surface area contributed by atoms with Gasteiger partial charge in [0.2, 0.25) is 0 Å². The number of fused-ring (bicyclic) bond motifs is 2. The molecule has 2 aromatic carbocycles. The Bertz CT molecular complexity index is 1630. The van der Waals surface area contributed by atoms with Gasteiger partial charge < -0.3 is 24.5 Å². The van der Waals surface area contributed by atoms with E-state index in [0.29, 0.717) is 36.4 Å². The number of hydrogen-bond donors (Lipinski definition) is 2. The summed E-state index contributed by atoms with van der Waals surface area (Å²) >= 11 is 0. The second-order valence-electron chi connectivity index (χ2n) is 11.2. The number of anilines is 1. The lowest BCUT2D eigenvalue weighted by Gasteiger charge is -2.20. The van der Waals surface area contributed by atoms with E-state index in [9.17, 15) is 9.59 Å². The van der Waals surface area contributed by atoms with Gasteiger partial charge in [-0.3, -0.25) is 4.99 Å². The van der Waals surface area contributed by atoms with Crippen molar-refractivity contribution in [2.24, 2.45) is 4.99 Å². The Hall–Kier alpha value is -4.33. The Morgan fingerprint density at radius 2 is 1.74 bits per heavy atom. The van der Waals surface area contributed by atoms with Crippen LogP contribution in [0.1, 0.15) is 62.5 Å². The number of carbonyl (C=O) groups excluding carboxylic acids is 2. The highest BCUT2D eigenvalue weighted by Gasteiger charge is 2.23. The number of nitrogens with zero attached hydrogens (tertiary/aromatic N) is 1. The van der Waals surface area contributed by atoms with Crippen molar-refractivity contribution >= 4 is 28.7 Å². The Morgan fingerprint density at radius 3 is 2.45 bits per heavy atom. The molecule has 1 heterocycles. The molecule has 0 radical (unpaired) electrons. The summed E-state index contributed by atoms with van der Waals surface area (Å²) in [6.45, 7) is 15.5. The van der Waals surface area contributed by atoms with Crippen molar-refractivity contribution in [1.29, 1.82) is 0 Å². The fourth-order valence-corrected chi connectivity index (χ4v) is 4.90. The quantitative estimate of drug-likeness (QED) is 0.125. The molecule has 8 heteroatoms. The maximum Gasteiger partial charge on any atom is 0.407 e. The molecule has 0 aromatic heterocycles. The molecule has 0 bridgehead atoms. The zero-order chi connectivity index (χ0) is 30.4. The van der Waals surface area contributed by atoms with Crippen LogP contribution in [-0.2, 0) is 9.47 Å². The molecule has 222 valence electrons. The van der Waals surface area contributed by atoms with Gasteiger partial charge in [0.05, 0.1) is 17.5 Å². The highest BCUT2D eigenvalue weighted by Crippen LogP contribution is 2.43. The van der Waals surface area contributed by atoms with Gasteiger partial charge in [0.1, 0.15) is 16.9 Å². The van der Waals surface area contributed by atoms with E-state index in [0.717, 1.165) is 50.8 Å². The van der Waals surface area contributed by atoms with Crippen molar-refractivity contribution in [3.8, 4) is 22.5 Å². The summed E-state index contributed by atoms with van der Waals surface area (Å²) in [7, 11) is 0. The molecule has 4 rings (SSSR count). The molecule has 1 aliphatic carbocycles. The lowest BCUT2D eigenvalue weighted by molar-refractivity contribution is 0.0484. The first-order valence-corrected chi connectivity index (χ1v) is 14.5. The number of esters is 1. The molecule has 0 saturated carbocycles. The summed E-state index contributed by atoms with van der Waals surface area (Å²) in [6.07, 6.45) is -0.0383. The minimum absolute atomic E-state index is 0.154. The van der Waals surface area contributed by atoms with Gasteiger partial charge in [-0.15, -0.1) is 0 Å². The SMILES string of the molecule is CCN=c1cc2oc3cc(NCC)c(C)cc3c(-c3ccccc3C(=O)OCCCNC(=O)OC(C)(C)C)c-2cc1C. The van der Waals surface area contributed by atoms with Crippen molar-refractivity contribution in [1.82, 2.24) is 5.32 Å². The fourth-order valence-electron chi connectivity index (χ4n) is 4.90. The molecular formula is C34H41N3O5. The van der Waals surface area contributed by atoms with E-state index in [4.69, 9.17) is 13.9 Å². The monoisotopic (exact) mass is 571 g/mol. The maximum atomic E-state index is 13.4. The molecule has 0 fully saturated rings. The minimum Gasteiger partial charge on any atom is -0.462 e. The number of rotatable bonds is 9. The number of amides is 1. The van der Waals surface area contributed by atoms with E-state index in [2.05, 4.69) is 41.6 Å². The van der Waals surface area contributed by atoms with E-state index in [1.54, 1.807) is 6.07 Å². The molecule has 1 amide bonds. The number of ether oxygens (including phenoxy) is 2. The van der Waals surface area contributed by atoms with Crippen LogP contribution in [0.25, 0.3) is 33.4 Å². The Labute approximate surface area is 247 Å². The number of aryl methyl sites for hydroxylation is 2. The van der Waals surface area contributed by atoms with Crippen LogP contribution < -0.4 is 16.0 Å². The molecule has 0 atom stereocenters. The number of benzene rings is 3. The topological polar surface area (TPSA) is 102 Å². The summed E-state index contributed by atoms with van der Waals surface area (Å²) in [4.78, 5) is 30.0. The number of nitrogens with one attached hydrogen (secondary N) is 2.